The van der Waals surface area contributed by atoms with E-state index in [4.69, 9.17) is 10.5 Å². The SMILES string of the molecule is Nc1cc(F)c(OCCC2CCC2)c(F)c1. The molecule has 0 atom stereocenters. The third kappa shape index (κ3) is 2.43. The molecule has 0 radical (unpaired) electrons. The van der Waals surface area contributed by atoms with E-state index >= 15 is 0 Å². The summed E-state index contributed by atoms with van der Waals surface area (Å²) in [6.07, 6.45) is 4.53. The second-order valence-electron chi connectivity index (χ2n) is 4.25. The minimum atomic E-state index is -0.730. The van der Waals surface area contributed by atoms with E-state index in [1.807, 2.05) is 0 Å². The summed E-state index contributed by atoms with van der Waals surface area (Å²) in [6.45, 7) is 0.364. The van der Waals surface area contributed by atoms with Gasteiger partial charge in [0.15, 0.2) is 17.4 Å². The molecule has 0 spiro atoms. The van der Waals surface area contributed by atoms with Gasteiger partial charge in [-0.25, -0.2) is 8.78 Å². The maximum absolute atomic E-state index is 13.3. The van der Waals surface area contributed by atoms with Crippen LogP contribution in [0.1, 0.15) is 25.7 Å². The first-order valence-corrected chi connectivity index (χ1v) is 5.54. The normalized spacial score (nSPS) is 15.9. The van der Waals surface area contributed by atoms with Crippen molar-refractivity contribution in [3.05, 3.63) is 23.8 Å². The number of nitrogens with two attached hydrogens (primary N) is 1. The highest BCUT2D eigenvalue weighted by molar-refractivity contribution is 5.44. The van der Waals surface area contributed by atoms with Crippen molar-refractivity contribution in [2.45, 2.75) is 25.7 Å². The zero-order valence-corrected chi connectivity index (χ0v) is 9.01. The summed E-state index contributed by atoms with van der Waals surface area (Å²) in [5.74, 6) is -1.11. The third-order valence-electron chi connectivity index (χ3n) is 3.02. The molecule has 2 rings (SSSR count). The molecule has 2 N–H and O–H groups in total. The van der Waals surface area contributed by atoms with Crippen LogP contribution in [0.15, 0.2) is 12.1 Å². The standard InChI is InChI=1S/C12H15F2NO/c13-10-6-9(15)7-11(14)12(10)16-5-4-8-2-1-3-8/h6-8H,1-5,15H2. The zero-order valence-electron chi connectivity index (χ0n) is 9.01. The van der Waals surface area contributed by atoms with Gasteiger partial charge in [-0.05, 0) is 12.3 Å². The molecule has 4 heteroatoms. The van der Waals surface area contributed by atoms with E-state index in [9.17, 15) is 8.78 Å². The molecule has 1 aliphatic rings. The summed E-state index contributed by atoms with van der Waals surface area (Å²) in [5.41, 5.74) is 5.37. The number of hydrogen-bond acceptors (Lipinski definition) is 2. The van der Waals surface area contributed by atoms with E-state index in [0.717, 1.165) is 18.6 Å². The largest absolute Gasteiger partial charge is 0.488 e. The van der Waals surface area contributed by atoms with Crippen LogP contribution in [-0.2, 0) is 0 Å². The molecule has 1 saturated carbocycles. The summed E-state index contributed by atoms with van der Waals surface area (Å²) in [6, 6.07) is 2.14. The van der Waals surface area contributed by atoms with Gasteiger partial charge in [0.1, 0.15) is 0 Å². The molecule has 0 bridgehead atoms. The molecule has 2 nitrogen and oxygen atoms in total. The molecule has 88 valence electrons. The van der Waals surface area contributed by atoms with Gasteiger partial charge < -0.3 is 10.5 Å². The van der Waals surface area contributed by atoms with Gasteiger partial charge in [-0.2, -0.15) is 0 Å². The van der Waals surface area contributed by atoms with E-state index < -0.39 is 11.6 Å². The predicted molar refractivity (Wildman–Crippen MR) is 58.2 cm³/mol. The Morgan fingerprint density at radius 1 is 1.25 bits per heavy atom. The summed E-state index contributed by atoms with van der Waals surface area (Å²) < 4.78 is 31.7. The molecular weight excluding hydrogens is 212 g/mol. The first kappa shape index (κ1) is 11.2. The molecule has 0 amide bonds. The van der Waals surface area contributed by atoms with Crippen LogP contribution in [0.2, 0.25) is 0 Å². The second-order valence-corrected chi connectivity index (χ2v) is 4.25. The topological polar surface area (TPSA) is 35.2 Å². The molecule has 1 aromatic rings. The van der Waals surface area contributed by atoms with Crippen molar-refractivity contribution in [1.82, 2.24) is 0 Å². The number of anilines is 1. The smallest absolute Gasteiger partial charge is 0.190 e. The second kappa shape index (κ2) is 4.68. The number of ether oxygens (including phenoxy) is 1. The van der Waals surface area contributed by atoms with Gasteiger partial charge in [0.2, 0.25) is 0 Å². The van der Waals surface area contributed by atoms with Gasteiger partial charge in [-0.1, -0.05) is 19.3 Å². The molecule has 0 aliphatic heterocycles. The van der Waals surface area contributed by atoms with Crippen LogP contribution in [0.3, 0.4) is 0 Å². The average Bonchev–Trinajstić information content (AvgIpc) is 2.12. The van der Waals surface area contributed by atoms with Gasteiger partial charge in [0.25, 0.3) is 0 Å². The molecule has 0 aromatic heterocycles. The van der Waals surface area contributed by atoms with Crippen LogP contribution in [0.4, 0.5) is 14.5 Å². The fourth-order valence-corrected chi connectivity index (χ4v) is 1.83. The summed E-state index contributed by atoms with van der Waals surface area (Å²) in [7, 11) is 0. The van der Waals surface area contributed by atoms with Crippen molar-refractivity contribution < 1.29 is 13.5 Å². The summed E-state index contributed by atoms with van der Waals surface area (Å²) in [5, 5.41) is 0. The lowest BCUT2D eigenvalue weighted by Gasteiger charge is -2.25. The quantitative estimate of drug-likeness (QED) is 0.802. The number of benzene rings is 1. The van der Waals surface area contributed by atoms with Gasteiger partial charge in [0, 0.05) is 17.8 Å². The van der Waals surface area contributed by atoms with Crippen molar-refractivity contribution in [1.29, 1.82) is 0 Å². The molecule has 1 aliphatic carbocycles. The van der Waals surface area contributed by atoms with E-state index in [1.54, 1.807) is 0 Å². The lowest BCUT2D eigenvalue weighted by atomic mass is 9.83. The highest BCUT2D eigenvalue weighted by Crippen LogP contribution is 2.30. The number of hydrogen-bond donors (Lipinski definition) is 1. The Hall–Kier alpha value is -1.32. The van der Waals surface area contributed by atoms with Crippen molar-refractivity contribution in [3.8, 4) is 5.75 Å². The zero-order chi connectivity index (χ0) is 11.5. The van der Waals surface area contributed by atoms with Crippen LogP contribution < -0.4 is 10.5 Å². The first-order valence-electron chi connectivity index (χ1n) is 5.54. The van der Waals surface area contributed by atoms with Crippen molar-refractivity contribution in [2.24, 2.45) is 5.92 Å². The van der Waals surface area contributed by atoms with Crippen LogP contribution in [-0.4, -0.2) is 6.61 Å². The molecule has 1 fully saturated rings. The van der Waals surface area contributed by atoms with E-state index in [2.05, 4.69) is 0 Å². The Balaban J connectivity index is 1.92. The van der Waals surface area contributed by atoms with Crippen LogP contribution in [0.25, 0.3) is 0 Å². The maximum Gasteiger partial charge on any atom is 0.190 e. The number of nitrogen functional groups attached to an aromatic ring is 1. The van der Waals surface area contributed by atoms with Crippen molar-refractivity contribution in [2.75, 3.05) is 12.3 Å². The maximum atomic E-state index is 13.3. The van der Waals surface area contributed by atoms with E-state index in [1.165, 1.54) is 19.3 Å². The Morgan fingerprint density at radius 3 is 2.38 bits per heavy atom. The molecule has 0 saturated heterocycles. The van der Waals surface area contributed by atoms with Gasteiger partial charge >= 0.3 is 0 Å². The average molecular weight is 227 g/mol. The first-order chi connectivity index (χ1) is 7.66. The number of halogens is 2. The Morgan fingerprint density at radius 2 is 1.88 bits per heavy atom. The van der Waals surface area contributed by atoms with E-state index in [-0.39, 0.29) is 11.4 Å². The molecule has 0 unspecified atom stereocenters. The molecule has 0 heterocycles. The minimum Gasteiger partial charge on any atom is -0.488 e. The monoisotopic (exact) mass is 227 g/mol. The van der Waals surface area contributed by atoms with Gasteiger partial charge in [0.05, 0.1) is 6.61 Å². The third-order valence-corrected chi connectivity index (χ3v) is 3.02. The molecule has 16 heavy (non-hydrogen) atoms. The highest BCUT2D eigenvalue weighted by Gasteiger charge is 2.18. The van der Waals surface area contributed by atoms with Crippen LogP contribution in [0, 0.1) is 17.6 Å². The highest BCUT2D eigenvalue weighted by atomic mass is 19.1. The number of rotatable bonds is 4. The predicted octanol–water partition coefficient (Wildman–Crippen LogP) is 3.12. The fraction of sp³-hybridized carbons (Fsp3) is 0.500. The Bertz CT molecular complexity index is 354. The van der Waals surface area contributed by atoms with Crippen LogP contribution >= 0.6 is 0 Å². The summed E-state index contributed by atoms with van der Waals surface area (Å²) in [4.78, 5) is 0. The molecular formula is C12H15F2NO. The van der Waals surface area contributed by atoms with Gasteiger partial charge in [-0.3, -0.25) is 0 Å². The summed E-state index contributed by atoms with van der Waals surface area (Å²) >= 11 is 0. The van der Waals surface area contributed by atoms with Crippen molar-refractivity contribution >= 4 is 5.69 Å². The van der Waals surface area contributed by atoms with E-state index in [0.29, 0.717) is 12.5 Å². The Kier molecular flexibility index (Phi) is 3.27. The van der Waals surface area contributed by atoms with Crippen LogP contribution in [0.5, 0.6) is 5.75 Å². The minimum absolute atomic E-state index is 0.0707. The lowest BCUT2D eigenvalue weighted by Crippen LogP contribution is -2.15. The fourth-order valence-electron chi connectivity index (χ4n) is 1.83. The molecule has 1 aromatic carbocycles. The van der Waals surface area contributed by atoms with Gasteiger partial charge in [-0.15, -0.1) is 0 Å². The lowest BCUT2D eigenvalue weighted by molar-refractivity contribution is 0.211. The Labute approximate surface area is 93.4 Å². The van der Waals surface area contributed by atoms with Crippen molar-refractivity contribution in [3.63, 3.8) is 0 Å².